The number of hydrogen-bond donors (Lipinski definition) is 1. The second-order valence-electron chi connectivity index (χ2n) is 7.68. The summed E-state index contributed by atoms with van der Waals surface area (Å²) in [5.41, 5.74) is 0.408. The normalized spacial score (nSPS) is 33.8. The van der Waals surface area contributed by atoms with E-state index in [1.165, 1.54) is 57.8 Å². The number of nitrogens with zero attached hydrogens (tertiary/aromatic N) is 1. The molecule has 0 spiro atoms. The largest absolute Gasteiger partial charge is 0.312 e. The Morgan fingerprint density at radius 2 is 1.70 bits per heavy atom. The van der Waals surface area contributed by atoms with Crippen LogP contribution in [0.15, 0.2) is 0 Å². The van der Waals surface area contributed by atoms with Crippen molar-refractivity contribution in [2.45, 2.75) is 83.2 Å². The lowest BCUT2D eigenvalue weighted by molar-refractivity contribution is 0.0352. The van der Waals surface area contributed by atoms with Gasteiger partial charge in [0.05, 0.1) is 0 Å². The van der Waals surface area contributed by atoms with E-state index in [-0.39, 0.29) is 0 Å². The molecule has 1 atom stereocenters. The van der Waals surface area contributed by atoms with E-state index in [1.54, 1.807) is 0 Å². The van der Waals surface area contributed by atoms with Crippen molar-refractivity contribution >= 4 is 0 Å². The molecule has 0 bridgehead atoms. The van der Waals surface area contributed by atoms with Gasteiger partial charge in [-0.1, -0.05) is 39.5 Å². The van der Waals surface area contributed by atoms with Crippen LogP contribution in [0, 0.1) is 11.8 Å². The first-order valence-electron chi connectivity index (χ1n) is 8.99. The zero-order valence-corrected chi connectivity index (χ0v) is 14.3. The van der Waals surface area contributed by atoms with Crippen LogP contribution in [0.2, 0.25) is 0 Å². The summed E-state index contributed by atoms with van der Waals surface area (Å²) in [4.78, 5) is 2.56. The van der Waals surface area contributed by atoms with E-state index in [2.05, 4.69) is 38.2 Å². The molecule has 20 heavy (non-hydrogen) atoms. The lowest BCUT2D eigenvalue weighted by Gasteiger charge is -2.50. The molecule has 118 valence electrons. The van der Waals surface area contributed by atoms with Gasteiger partial charge in [-0.15, -0.1) is 0 Å². The Bertz CT molecular complexity index is 273. The summed E-state index contributed by atoms with van der Waals surface area (Å²) in [6.07, 6.45) is 12.9. The molecular formula is C18H36N2. The third-order valence-corrected chi connectivity index (χ3v) is 6.17. The van der Waals surface area contributed by atoms with Crippen molar-refractivity contribution in [1.29, 1.82) is 0 Å². The second kappa shape index (κ2) is 7.26. The van der Waals surface area contributed by atoms with Gasteiger partial charge in [0.2, 0.25) is 0 Å². The maximum Gasteiger partial charge on any atom is 0.0356 e. The summed E-state index contributed by atoms with van der Waals surface area (Å²) in [5.74, 6) is 1.91. The third kappa shape index (κ3) is 3.57. The monoisotopic (exact) mass is 280 g/mol. The van der Waals surface area contributed by atoms with Crippen molar-refractivity contribution in [3.05, 3.63) is 0 Å². The zero-order valence-electron chi connectivity index (χ0n) is 14.3. The van der Waals surface area contributed by atoms with E-state index in [4.69, 9.17) is 0 Å². The molecule has 2 saturated carbocycles. The van der Waals surface area contributed by atoms with Crippen LogP contribution in [0.4, 0.5) is 0 Å². The first-order chi connectivity index (χ1) is 9.58. The summed E-state index contributed by atoms with van der Waals surface area (Å²) in [5, 5.41) is 3.87. The molecule has 2 aliphatic carbocycles. The van der Waals surface area contributed by atoms with Crippen molar-refractivity contribution in [1.82, 2.24) is 10.2 Å². The topological polar surface area (TPSA) is 15.3 Å². The zero-order chi connectivity index (χ0) is 14.6. The summed E-state index contributed by atoms with van der Waals surface area (Å²) in [7, 11) is 4.63. The van der Waals surface area contributed by atoms with Gasteiger partial charge in [0, 0.05) is 11.6 Å². The van der Waals surface area contributed by atoms with Gasteiger partial charge < -0.3 is 10.2 Å². The molecule has 2 nitrogen and oxygen atoms in total. The molecule has 0 aromatic rings. The van der Waals surface area contributed by atoms with Crippen molar-refractivity contribution in [2.24, 2.45) is 11.8 Å². The number of hydrogen-bond acceptors (Lipinski definition) is 2. The van der Waals surface area contributed by atoms with E-state index in [1.807, 2.05) is 0 Å². The minimum absolute atomic E-state index is 0.408. The summed E-state index contributed by atoms with van der Waals surface area (Å²) in [6, 6.07) is 0.693. The fourth-order valence-corrected chi connectivity index (χ4v) is 4.69. The molecule has 2 aliphatic rings. The van der Waals surface area contributed by atoms with Crippen molar-refractivity contribution in [3.63, 3.8) is 0 Å². The Morgan fingerprint density at radius 3 is 2.20 bits per heavy atom. The average Bonchev–Trinajstić information content (AvgIpc) is 2.92. The number of rotatable bonds is 6. The molecule has 0 amide bonds. The van der Waals surface area contributed by atoms with Gasteiger partial charge in [-0.25, -0.2) is 0 Å². The highest BCUT2D eigenvalue weighted by molar-refractivity contribution is 5.02. The fraction of sp³-hybridized carbons (Fsp3) is 1.00. The minimum Gasteiger partial charge on any atom is -0.312 e. The number of nitrogens with one attached hydrogen (secondary N) is 1. The first-order valence-corrected chi connectivity index (χ1v) is 8.99. The Labute approximate surface area is 126 Å². The van der Waals surface area contributed by atoms with Crippen LogP contribution >= 0.6 is 0 Å². The van der Waals surface area contributed by atoms with Gasteiger partial charge in [-0.2, -0.15) is 0 Å². The lowest BCUT2D eigenvalue weighted by atomic mass is 9.70. The van der Waals surface area contributed by atoms with Crippen LogP contribution in [0.5, 0.6) is 0 Å². The molecule has 0 aliphatic heterocycles. The summed E-state index contributed by atoms with van der Waals surface area (Å²) < 4.78 is 0. The fourth-order valence-electron chi connectivity index (χ4n) is 4.69. The minimum atomic E-state index is 0.408. The van der Waals surface area contributed by atoms with E-state index < -0.39 is 0 Å². The highest BCUT2D eigenvalue weighted by atomic mass is 15.2. The molecule has 0 saturated heterocycles. The van der Waals surface area contributed by atoms with E-state index >= 15 is 0 Å². The van der Waals surface area contributed by atoms with Crippen molar-refractivity contribution in [3.8, 4) is 0 Å². The lowest BCUT2D eigenvalue weighted by Crippen LogP contribution is -2.60. The van der Waals surface area contributed by atoms with E-state index in [0.29, 0.717) is 11.6 Å². The molecular weight excluding hydrogens is 244 g/mol. The van der Waals surface area contributed by atoms with Gasteiger partial charge in [0.25, 0.3) is 0 Å². The van der Waals surface area contributed by atoms with Gasteiger partial charge in [0.1, 0.15) is 0 Å². The maximum absolute atomic E-state index is 3.87. The Balaban J connectivity index is 2.09. The van der Waals surface area contributed by atoms with Crippen LogP contribution in [0.1, 0.15) is 71.6 Å². The van der Waals surface area contributed by atoms with Crippen molar-refractivity contribution in [2.75, 3.05) is 20.6 Å². The SMILES string of the molecule is CCNC(CC1CCCC1)C1(N(C)C)CCC(C)CC1. The van der Waals surface area contributed by atoms with Gasteiger partial charge in [0.15, 0.2) is 0 Å². The third-order valence-electron chi connectivity index (χ3n) is 6.17. The Morgan fingerprint density at radius 1 is 1.10 bits per heavy atom. The molecule has 0 aromatic carbocycles. The smallest absolute Gasteiger partial charge is 0.0356 e. The van der Waals surface area contributed by atoms with E-state index in [9.17, 15) is 0 Å². The highest BCUT2D eigenvalue weighted by Gasteiger charge is 2.43. The molecule has 2 rings (SSSR count). The molecule has 0 heterocycles. The first kappa shape index (κ1) is 16.3. The predicted molar refractivity (Wildman–Crippen MR) is 88.1 cm³/mol. The molecule has 2 heteroatoms. The highest BCUT2D eigenvalue weighted by Crippen LogP contribution is 2.41. The molecule has 1 N–H and O–H groups in total. The van der Waals surface area contributed by atoms with Crippen LogP contribution in [0.25, 0.3) is 0 Å². The predicted octanol–water partition coefficient (Wildman–Crippen LogP) is 4.06. The summed E-state index contributed by atoms with van der Waals surface area (Å²) >= 11 is 0. The quantitative estimate of drug-likeness (QED) is 0.789. The Hall–Kier alpha value is -0.0800. The van der Waals surface area contributed by atoms with Gasteiger partial charge in [-0.05, 0) is 64.6 Å². The van der Waals surface area contributed by atoms with E-state index in [0.717, 1.165) is 18.4 Å². The number of likely N-dealkylation sites (N-methyl/N-ethyl adjacent to an activating group) is 2. The molecule has 2 fully saturated rings. The Kier molecular flexibility index (Phi) is 5.92. The second-order valence-corrected chi connectivity index (χ2v) is 7.68. The van der Waals surface area contributed by atoms with Gasteiger partial charge in [-0.3, -0.25) is 0 Å². The van der Waals surface area contributed by atoms with Crippen LogP contribution in [-0.2, 0) is 0 Å². The van der Waals surface area contributed by atoms with Crippen LogP contribution in [0.3, 0.4) is 0 Å². The average molecular weight is 281 g/mol. The van der Waals surface area contributed by atoms with Crippen LogP contribution < -0.4 is 5.32 Å². The van der Waals surface area contributed by atoms with Crippen LogP contribution in [-0.4, -0.2) is 37.1 Å². The molecule has 1 unspecified atom stereocenters. The molecule has 0 aromatic heterocycles. The standard InChI is InChI=1S/C18H36N2/c1-5-19-17(14-16-8-6-7-9-16)18(20(3)4)12-10-15(2)11-13-18/h15-17,19H,5-14H2,1-4H3. The van der Waals surface area contributed by atoms with Crippen molar-refractivity contribution < 1.29 is 0 Å². The van der Waals surface area contributed by atoms with Gasteiger partial charge >= 0.3 is 0 Å². The maximum atomic E-state index is 3.87. The summed E-state index contributed by atoms with van der Waals surface area (Å²) in [6.45, 7) is 5.82. The molecule has 0 radical (unpaired) electrons.